The van der Waals surface area contributed by atoms with Gasteiger partial charge in [-0.3, -0.25) is 4.79 Å². The third-order valence-corrected chi connectivity index (χ3v) is 6.01. The molecule has 134 valence electrons. The molecule has 1 aromatic carbocycles. The maximum absolute atomic E-state index is 12.3. The van der Waals surface area contributed by atoms with Crippen molar-refractivity contribution in [2.75, 3.05) is 24.7 Å². The van der Waals surface area contributed by atoms with Crippen molar-refractivity contribution in [1.29, 1.82) is 0 Å². The molecule has 1 aliphatic rings. The summed E-state index contributed by atoms with van der Waals surface area (Å²) in [4.78, 5) is 25.8. The number of sulfone groups is 1. The van der Waals surface area contributed by atoms with Gasteiger partial charge in [-0.15, -0.1) is 0 Å². The zero-order valence-electron chi connectivity index (χ0n) is 13.8. The molecule has 8 heteroatoms. The molecule has 7 nitrogen and oxygen atoms in total. The Morgan fingerprint density at radius 1 is 1.32 bits per heavy atom. The number of carbonyl (C=O) groups is 2. The number of amides is 1. The number of ether oxygens (including phenoxy) is 1. The summed E-state index contributed by atoms with van der Waals surface area (Å²) in [7, 11) is -3.09. The predicted molar refractivity (Wildman–Crippen MR) is 90.9 cm³/mol. The highest BCUT2D eigenvalue weighted by molar-refractivity contribution is 7.91. The average Bonchev–Trinajstić information content (AvgIpc) is 3.16. The monoisotopic (exact) mass is 365 g/mol. The summed E-state index contributed by atoms with van der Waals surface area (Å²) >= 11 is 0. The first kappa shape index (κ1) is 17.5. The van der Waals surface area contributed by atoms with E-state index in [0.29, 0.717) is 18.5 Å². The molecule has 3 rings (SSSR count). The minimum Gasteiger partial charge on any atom is -0.450 e. The van der Waals surface area contributed by atoms with Crippen LogP contribution in [0.2, 0.25) is 0 Å². The highest BCUT2D eigenvalue weighted by atomic mass is 32.2. The van der Waals surface area contributed by atoms with E-state index in [1.807, 2.05) is 6.07 Å². The van der Waals surface area contributed by atoms with E-state index in [4.69, 9.17) is 9.15 Å². The fraction of sp³-hybridized carbons (Fsp3) is 0.412. The molecule has 2 heterocycles. The molecule has 1 amide bonds. The van der Waals surface area contributed by atoms with Gasteiger partial charge in [0.25, 0.3) is 5.91 Å². The summed E-state index contributed by atoms with van der Waals surface area (Å²) in [6.07, 6.45) is 0.416. The summed E-state index contributed by atoms with van der Waals surface area (Å²) in [5.74, 6) is -1.06. The van der Waals surface area contributed by atoms with Crippen LogP contribution in [0.5, 0.6) is 0 Å². The van der Waals surface area contributed by atoms with E-state index < -0.39 is 28.3 Å². The second kappa shape index (κ2) is 6.87. The maximum atomic E-state index is 12.3. The summed E-state index contributed by atoms with van der Waals surface area (Å²) in [5, 5.41) is 0.770. The molecule has 1 aromatic heterocycles. The van der Waals surface area contributed by atoms with Gasteiger partial charge in [0.2, 0.25) is 5.76 Å². The molecule has 0 aliphatic carbocycles. The Morgan fingerprint density at radius 3 is 2.72 bits per heavy atom. The fourth-order valence-corrected chi connectivity index (χ4v) is 4.75. The Labute approximate surface area is 145 Å². The van der Waals surface area contributed by atoms with Crippen LogP contribution < -0.4 is 0 Å². The van der Waals surface area contributed by atoms with Crippen molar-refractivity contribution < 1.29 is 27.2 Å². The number of hydrogen-bond acceptors (Lipinski definition) is 6. The van der Waals surface area contributed by atoms with E-state index in [9.17, 15) is 18.0 Å². The Kier molecular flexibility index (Phi) is 4.80. The van der Waals surface area contributed by atoms with Crippen molar-refractivity contribution in [1.82, 2.24) is 4.90 Å². The Balaban J connectivity index is 1.61. The number of esters is 1. The molecule has 25 heavy (non-hydrogen) atoms. The van der Waals surface area contributed by atoms with Crippen LogP contribution in [0.25, 0.3) is 11.0 Å². The van der Waals surface area contributed by atoms with E-state index in [-0.39, 0.29) is 23.3 Å². The first-order valence-corrected chi connectivity index (χ1v) is 9.87. The first-order valence-electron chi connectivity index (χ1n) is 8.05. The van der Waals surface area contributed by atoms with Gasteiger partial charge in [0.15, 0.2) is 16.4 Å². The van der Waals surface area contributed by atoms with Gasteiger partial charge in [0, 0.05) is 18.0 Å². The van der Waals surface area contributed by atoms with Crippen LogP contribution in [0.1, 0.15) is 23.9 Å². The van der Waals surface area contributed by atoms with Crippen molar-refractivity contribution in [2.24, 2.45) is 0 Å². The molecule has 0 unspecified atom stereocenters. The van der Waals surface area contributed by atoms with Gasteiger partial charge < -0.3 is 14.1 Å². The van der Waals surface area contributed by atoms with Crippen LogP contribution in [-0.2, 0) is 19.4 Å². The number of rotatable bonds is 5. The first-order chi connectivity index (χ1) is 11.9. The van der Waals surface area contributed by atoms with Crippen molar-refractivity contribution in [2.45, 2.75) is 19.4 Å². The summed E-state index contributed by atoms with van der Waals surface area (Å²) < 4.78 is 33.6. The molecule has 0 N–H and O–H groups in total. The summed E-state index contributed by atoms with van der Waals surface area (Å²) in [6, 6.07) is 8.36. The number of furan rings is 1. The molecule has 1 fully saturated rings. The summed E-state index contributed by atoms with van der Waals surface area (Å²) in [6.45, 7) is 1.69. The Morgan fingerprint density at radius 2 is 2.08 bits per heavy atom. The lowest BCUT2D eigenvalue weighted by Gasteiger charge is -2.26. The number of fused-ring (bicyclic) bond motifs is 1. The fourth-order valence-electron chi connectivity index (χ4n) is 3.02. The molecule has 0 bridgehead atoms. The molecule has 0 spiro atoms. The topological polar surface area (TPSA) is 93.9 Å². The van der Waals surface area contributed by atoms with Crippen LogP contribution in [0.4, 0.5) is 0 Å². The van der Waals surface area contributed by atoms with Crippen LogP contribution in [0, 0.1) is 0 Å². The number of likely N-dealkylation sites (N-methyl/N-ethyl adjacent to an activating group) is 1. The third kappa shape index (κ3) is 3.84. The quantitative estimate of drug-likeness (QED) is 0.748. The van der Waals surface area contributed by atoms with Crippen LogP contribution in [-0.4, -0.2) is 55.9 Å². The molecule has 0 saturated carbocycles. The summed E-state index contributed by atoms with van der Waals surface area (Å²) in [5.41, 5.74) is 0.562. The second-order valence-electron chi connectivity index (χ2n) is 5.96. The number of para-hydroxylation sites is 1. The van der Waals surface area contributed by atoms with Gasteiger partial charge in [0.1, 0.15) is 5.58 Å². The third-order valence-electron chi connectivity index (χ3n) is 4.26. The van der Waals surface area contributed by atoms with Crippen molar-refractivity contribution in [3.8, 4) is 0 Å². The van der Waals surface area contributed by atoms with E-state index in [0.717, 1.165) is 5.39 Å². The normalized spacial score (nSPS) is 19.0. The Hall–Kier alpha value is -2.35. The van der Waals surface area contributed by atoms with Gasteiger partial charge >= 0.3 is 5.97 Å². The molecule has 1 saturated heterocycles. The zero-order chi connectivity index (χ0) is 18.0. The molecular weight excluding hydrogens is 346 g/mol. The van der Waals surface area contributed by atoms with E-state index >= 15 is 0 Å². The smallest absolute Gasteiger partial charge is 0.374 e. The minimum atomic E-state index is -3.09. The average molecular weight is 365 g/mol. The van der Waals surface area contributed by atoms with Crippen LogP contribution >= 0.6 is 0 Å². The minimum absolute atomic E-state index is 0.0282. The highest BCUT2D eigenvalue weighted by Crippen LogP contribution is 2.20. The van der Waals surface area contributed by atoms with Crippen LogP contribution in [0.15, 0.2) is 34.7 Å². The number of benzene rings is 1. The largest absolute Gasteiger partial charge is 0.450 e. The van der Waals surface area contributed by atoms with Crippen LogP contribution in [0.3, 0.4) is 0 Å². The van der Waals surface area contributed by atoms with Gasteiger partial charge in [0.05, 0.1) is 11.5 Å². The number of hydrogen-bond donors (Lipinski definition) is 0. The lowest BCUT2D eigenvalue weighted by atomic mass is 10.2. The number of carbonyl (C=O) groups excluding carboxylic acids is 2. The van der Waals surface area contributed by atoms with Gasteiger partial charge in [-0.05, 0) is 25.5 Å². The van der Waals surface area contributed by atoms with E-state index in [1.165, 1.54) is 4.90 Å². The lowest BCUT2D eigenvalue weighted by molar-refractivity contribution is -0.136. The van der Waals surface area contributed by atoms with Crippen molar-refractivity contribution >= 4 is 32.7 Å². The molecule has 0 radical (unpaired) electrons. The standard InChI is InChI=1S/C17H19NO6S/c1-2-18(13-7-8-25(21,22)11-13)16(19)10-23-17(20)15-9-12-5-3-4-6-14(12)24-15/h3-6,9,13H,2,7-8,10-11H2,1H3/t13-/m1/s1. The maximum Gasteiger partial charge on any atom is 0.374 e. The van der Waals surface area contributed by atoms with Crippen molar-refractivity contribution in [3.05, 3.63) is 36.1 Å². The van der Waals surface area contributed by atoms with Gasteiger partial charge in [-0.2, -0.15) is 0 Å². The zero-order valence-corrected chi connectivity index (χ0v) is 14.6. The molecule has 2 aromatic rings. The number of nitrogens with zero attached hydrogens (tertiary/aromatic N) is 1. The Bertz CT molecular complexity index is 868. The second-order valence-corrected chi connectivity index (χ2v) is 8.19. The van der Waals surface area contributed by atoms with Gasteiger partial charge in [-0.25, -0.2) is 13.2 Å². The van der Waals surface area contributed by atoms with Gasteiger partial charge in [-0.1, -0.05) is 18.2 Å². The highest BCUT2D eigenvalue weighted by Gasteiger charge is 2.34. The molecule has 1 atom stereocenters. The SMILES string of the molecule is CCN(C(=O)COC(=O)c1cc2ccccc2o1)[C@@H]1CCS(=O)(=O)C1. The molecule has 1 aliphatic heterocycles. The van der Waals surface area contributed by atoms with E-state index in [2.05, 4.69) is 0 Å². The predicted octanol–water partition coefficient (Wildman–Crippen LogP) is 1.63. The lowest BCUT2D eigenvalue weighted by Crippen LogP contribution is -2.43. The van der Waals surface area contributed by atoms with Crippen molar-refractivity contribution in [3.63, 3.8) is 0 Å². The molecular formula is C17H19NO6S. The van der Waals surface area contributed by atoms with E-state index in [1.54, 1.807) is 31.2 Å².